The third-order valence-electron chi connectivity index (χ3n) is 5.12. The van der Waals surface area contributed by atoms with E-state index in [4.69, 9.17) is 0 Å². The fraction of sp³-hybridized carbons (Fsp3) is 0.273. The Bertz CT molecular complexity index is 1100. The van der Waals surface area contributed by atoms with Crippen LogP contribution in [0.25, 0.3) is 11.0 Å². The number of aromatic amines is 1. The van der Waals surface area contributed by atoms with E-state index < -0.39 is 11.9 Å². The van der Waals surface area contributed by atoms with Crippen molar-refractivity contribution in [2.75, 3.05) is 17.3 Å². The fourth-order valence-electron chi connectivity index (χ4n) is 3.54. The maximum atomic E-state index is 12.8. The van der Waals surface area contributed by atoms with Crippen molar-refractivity contribution < 1.29 is 14.4 Å². The van der Waals surface area contributed by atoms with Gasteiger partial charge < -0.3 is 20.9 Å². The summed E-state index contributed by atoms with van der Waals surface area (Å²) in [5, 5.41) is 8.35. The van der Waals surface area contributed by atoms with Crippen LogP contribution in [0.3, 0.4) is 0 Å². The smallest absolute Gasteiger partial charge is 0.254 e. The van der Waals surface area contributed by atoms with Gasteiger partial charge in [-0.2, -0.15) is 11.8 Å². The van der Waals surface area contributed by atoms with Gasteiger partial charge in [-0.1, -0.05) is 24.3 Å². The van der Waals surface area contributed by atoms with Gasteiger partial charge in [0.25, 0.3) is 5.91 Å². The maximum Gasteiger partial charge on any atom is 0.254 e. The molecule has 0 saturated carbocycles. The summed E-state index contributed by atoms with van der Waals surface area (Å²) < 4.78 is 0. The highest BCUT2D eigenvalue weighted by Gasteiger charge is 2.30. The minimum Gasteiger partial charge on any atom is -0.346 e. The number of rotatable bonds is 7. The molecule has 2 aromatic carbocycles. The quantitative estimate of drug-likeness (QED) is 0.453. The Labute approximate surface area is 183 Å². The Morgan fingerprint density at radius 3 is 2.74 bits per heavy atom. The van der Waals surface area contributed by atoms with Gasteiger partial charge in [0.15, 0.2) is 0 Å². The minimum atomic E-state index is -0.961. The molecule has 1 aromatic heterocycles. The number of fused-ring (bicyclic) bond motifs is 2. The Balaban J connectivity index is 1.47. The summed E-state index contributed by atoms with van der Waals surface area (Å²) in [6.07, 6.45) is 2.52. The molecule has 160 valence electrons. The first-order valence-electron chi connectivity index (χ1n) is 9.99. The van der Waals surface area contributed by atoms with Crippen molar-refractivity contribution in [3.05, 3.63) is 59.9 Å². The largest absolute Gasteiger partial charge is 0.346 e. The van der Waals surface area contributed by atoms with Gasteiger partial charge in [0.2, 0.25) is 11.8 Å². The second-order valence-electron chi connectivity index (χ2n) is 7.31. The van der Waals surface area contributed by atoms with E-state index in [9.17, 15) is 14.4 Å². The molecule has 0 saturated heterocycles. The first kappa shape index (κ1) is 20.9. The number of aromatic nitrogens is 2. The van der Waals surface area contributed by atoms with Crippen molar-refractivity contribution in [3.63, 3.8) is 0 Å². The van der Waals surface area contributed by atoms with E-state index in [1.807, 2.05) is 30.5 Å². The molecule has 0 unspecified atom stereocenters. The summed E-state index contributed by atoms with van der Waals surface area (Å²) in [5.74, 6) is 0.363. The van der Waals surface area contributed by atoms with Crippen LogP contribution in [-0.2, 0) is 9.59 Å². The number of anilines is 1. The Morgan fingerprint density at radius 2 is 1.94 bits per heavy atom. The predicted octanol–water partition coefficient (Wildman–Crippen LogP) is 2.61. The molecule has 2 heterocycles. The molecular weight excluding hydrogens is 414 g/mol. The highest BCUT2D eigenvalue weighted by Crippen LogP contribution is 2.21. The van der Waals surface area contributed by atoms with E-state index in [0.717, 1.165) is 16.8 Å². The standard InChI is InChI=1S/C22H23N5O3S/c1-31-11-10-17(20-24-15-8-4-5-9-16(15)25-20)23-19(28)12-18-22(30)26-14-7-3-2-6-13(14)21(29)27-18/h2-9,17-18H,10-12H2,1H3,(H,23,28)(H,24,25)(H,26,30)(H,27,29)/t17-,18-/m1/s1. The van der Waals surface area contributed by atoms with Gasteiger partial charge in [-0.15, -0.1) is 0 Å². The lowest BCUT2D eigenvalue weighted by Gasteiger charge is -2.19. The maximum absolute atomic E-state index is 12.8. The number of para-hydroxylation sites is 3. The van der Waals surface area contributed by atoms with Gasteiger partial charge in [0, 0.05) is 0 Å². The van der Waals surface area contributed by atoms with Crippen LogP contribution in [0.4, 0.5) is 5.69 Å². The van der Waals surface area contributed by atoms with Gasteiger partial charge in [-0.25, -0.2) is 4.98 Å². The zero-order chi connectivity index (χ0) is 21.8. The predicted molar refractivity (Wildman–Crippen MR) is 121 cm³/mol. The molecule has 0 spiro atoms. The van der Waals surface area contributed by atoms with Gasteiger partial charge in [-0.3, -0.25) is 14.4 Å². The van der Waals surface area contributed by atoms with Gasteiger partial charge in [0.1, 0.15) is 11.9 Å². The van der Waals surface area contributed by atoms with E-state index in [0.29, 0.717) is 23.5 Å². The molecule has 4 rings (SSSR count). The summed E-state index contributed by atoms with van der Waals surface area (Å²) in [5.41, 5.74) is 2.54. The Kier molecular flexibility index (Phi) is 6.22. The molecule has 8 nitrogen and oxygen atoms in total. The van der Waals surface area contributed by atoms with Crippen LogP contribution in [0.1, 0.15) is 35.1 Å². The number of imidazole rings is 1. The average Bonchev–Trinajstić information content (AvgIpc) is 3.16. The highest BCUT2D eigenvalue weighted by molar-refractivity contribution is 7.98. The SMILES string of the molecule is CSCC[C@@H](NC(=O)C[C@H]1NC(=O)c2ccccc2NC1=O)c1nc2ccccc2[nH]1. The number of amides is 3. The van der Waals surface area contributed by atoms with Crippen LogP contribution >= 0.6 is 11.8 Å². The van der Waals surface area contributed by atoms with Crippen molar-refractivity contribution in [2.24, 2.45) is 0 Å². The van der Waals surface area contributed by atoms with Crippen LogP contribution in [0.5, 0.6) is 0 Å². The highest BCUT2D eigenvalue weighted by atomic mass is 32.2. The molecule has 0 fully saturated rings. The Hall–Kier alpha value is -3.33. The topological polar surface area (TPSA) is 116 Å². The normalized spacial score (nSPS) is 16.7. The monoisotopic (exact) mass is 437 g/mol. The number of hydrogen-bond acceptors (Lipinski definition) is 5. The number of benzene rings is 2. The molecule has 0 bridgehead atoms. The van der Waals surface area contributed by atoms with Gasteiger partial charge in [-0.05, 0) is 42.7 Å². The first-order valence-corrected chi connectivity index (χ1v) is 11.4. The van der Waals surface area contributed by atoms with E-state index in [-0.39, 0.29) is 24.3 Å². The number of carbonyl (C=O) groups is 3. The molecule has 9 heteroatoms. The summed E-state index contributed by atoms with van der Waals surface area (Å²) in [4.78, 5) is 45.7. The van der Waals surface area contributed by atoms with E-state index in [2.05, 4.69) is 25.9 Å². The number of H-pyrrole nitrogens is 1. The molecule has 1 aliphatic heterocycles. The van der Waals surface area contributed by atoms with Crippen LogP contribution in [0.15, 0.2) is 48.5 Å². The van der Waals surface area contributed by atoms with Gasteiger partial charge in [0.05, 0.1) is 34.7 Å². The number of thioether (sulfide) groups is 1. The van der Waals surface area contributed by atoms with Gasteiger partial charge >= 0.3 is 0 Å². The van der Waals surface area contributed by atoms with Crippen molar-refractivity contribution >= 4 is 46.2 Å². The van der Waals surface area contributed by atoms with Crippen LogP contribution in [-0.4, -0.2) is 45.7 Å². The van der Waals surface area contributed by atoms with E-state index >= 15 is 0 Å². The van der Waals surface area contributed by atoms with Crippen molar-refractivity contribution in [2.45, 2.75) is 24.9 Å². The molecule has 3 amide bonds. The lowest BCUT2D eigenvalue weighted by molar-refractivity contribution is -0.126. The van der Waals surface area contributed by atoms with Crippen LogP contribution < -0.4 is 16.0 Å². The summed E-state index contributed by atoms with van der Waals surface area (Å²) >= 11 is 1.68. The van der Waals surface area contributed by atoms with Crippen LogP contribution in [0, 0.1) is 0 Å². The summed E-state index contributed by atoms with van der Waals surface area (Å²) in [6.45, 7) is 0. The fourth-order valence-corrected chi connectivity index (χ4v) is 4.02. The summed E-state index contributed by atoms with van der Waals surface area (Å²) in [7, 11) is 0. The average molecular weight is 438 g/mol. The van der Waals surface area contributed by atoms with Crippen molar-refractivity contribution in [3.8, 4) is 0 Å². The Morgan fingerprint density at radius 1 is 1.16 bits per heavy atom. The molecule has 1 aliphatic rings. The molecule has 3 aromatic rings. The van der Waals surface area contributed by atoms with Crippen LogP contribution in [0.2, 0.25) is 0 Å². The number of carbonyl (C=O) groups excluding carboxylic acids is 3. The molecule has 2 atom stereocenters. The zero-order valence-electron chi connectivity index (χ0n) is 17.0. The second-order valence-corrected chi connectivity index (χ2v) is 8.29. The first-order chi connectivity index (χ1) is 15.0. The third kappa shape index (κ3) is 4.72. The number of nitrogens with one attached hydrogen (secondary N) is 4. The third-order valence-corrected chi connectivity index (χ3v) is 5.77. The number of nitrogens with zero attached hydrogens (tertiary/aromatic N) is 1. The minimum absolute atomic E-state index is 0.165. The summed E-state index contributed by atoms with van der Waals surface area (Å²) in [6, 6.07) is 13.1. The molecule has 4 N–H and O–H groups in total. The molecule has 0 aliphatic carbocycles. The van der Waals surface area contributed by atoms with E-state index in [1.165, 1.54) is 0 Å². The molecular formula is C22H23N5O3S. The zero-order valence-corrected chi connectivity index (χ0v) is 17.8. The lowest BCUT2D eigenvalue weighted by Crippen LogP contribution is -2.45. The van der Waals surface area contributed by atoms with Crippen molar-refractivity contribution in [1.29, 1.82) is 0 Å². The number of hydrogen-bond donors (Lipinski definition) is 4. The lowest BCUT2D eigenvalue weighted by atomic mass is 10.1. The van der Waals surface area contributed by atoms with E-state index in [1.54, 1.807) is 36.0 Å². The molecule has 0 radical (unpaired) electrons. The molecule has 31 heavy (non-hydrogen) atoms. The second kappa shape index (κ2) is 9.22. The van der Waals surface area contributed by atoms with Crippen molar-refractivity contribution in [1.82, 2.24) is 20.6 Å².